The van der Waals surface area contributed by atoms with Crippen molar-refractivity contribution < 1.29 is 27.7 Å². The molecular formula is C100H62BBrO6. The van der Waals surface area contributed by atoms with Crippen LogP contribution >= 0.6 is 15.9 Å². The van der Waals surface area contributed by atoms with Gasteiger partial charge >= 0.3 is 7.12 Å². The van der Waals surface area contributed by atoms with Gasteiger partial charge in [-0.1, -0.05) is 313 Å². The van der Waals surface area contributed by atoms with E-state index in [0.717, 1.165) is 142 Å². The minimum Gasteiger partial charge on any atom is -0.456 e. The normalized spacial score (nSPS) is 11.7. The Labute approximate surface area is 629 Å². The van der Waals surface area contributed by atoms with Crippen LogP contribution in [0.5, 0.6) is 0 Å². The fraction of sp³-hybridized carbons (Fsp3) is 0. The van der Waals surface area contributed by atoms with E-state index in [-0.39, 0.29) is 0 Å². The highest BCUT2D eigenvalue weighted by atomic mass is 79.9. The lowest BCUT2D eigenvalue weighted by atomic mass is 9.72. The van der Waals surface area contributed by atoms with E-state index in [9.17, 15) is 10.0 Å². The average Bonchev–Trinajstić information content (AvgIpc) is 0.897. The second-order valence-corrected chi connectivity index (χ2v) is 28.4. The standard InChI is InChI=1S/C50H30O2.C32H21BO3.C18H11BrO/c1-3-17-41-39(15-1)48(32-25-23-31(24-26-32)36-19-10-20-43-37-13-5-8-22-46(37)52-50(36)43)40-16-2-4-18-42(40)49(41)35-12-9-11-33(29-35)34-27-28-47-44(30-34)38-14-6-7-21-45(38)51-47;34-33(35)31-26-11-3-1-9-24(26)30(25-10-2-4-12-27(25)31)21-18-16-20(17-19-21)22-13-7-14-28-23-8-5-6-15-29(23)36-32(22)28;19-14-5-3-4-12(10-14)13-8-9-18-16(11-13)15-6-1-2-7-17(15)20-18/h1-30H;1-19,34-35H;1-11H. The van der Waals surface area contributed by atoms with Crippen molar-refractivity contribution in [1.82, 2.24) is 0 Å². The van der Waals surface area contributed by atoms with Gasteiger partial charge in [-0.15, -0.1) is 0 Å². The Morgan fingerprint density at radius 1 is 0.194 bits per heavy atom. The van der Waals surface area contributed by atoms with Gasteiger partial charge in [-0.2, -0.15) is 0 Å². The van der Waals surface area contributed by atoms with Crippen LogP contribution in [0.25, 0.3) is 209 Å². The van der Waals surface area contributed by atoms with Crippen LogP contribution in [-0.4, -0.2) is 17.2 Å². The Morgan fingerprint density at radius 2 is 0.472 bits per heavy atom. The highest BCUT2D eigenvalue weighted by Crippen LogP contribution is 2.47. The lowest BCUT2D eigenvalue weighted by molar-refractivity contribution is 0.426. The van der Waals surface area contributed by atoms with E-state index in [2.05, 4.69) is 259 Å². The van der Waals surface area contributed by atoms with Gasteiger partial charge in [0.2, 0.25) is 0 Å². The molecule has 22 rings (SSSR count). The molecule has 0 aliphatic carbocycles. The summed E-state index contributed by atoms with van der Waals surface area (Å²) in [7, 11) is -1.56. The van der Waals surface area contributed by atoms with E-state index in [4.69, 9.17) is 17.7 Å². The van der Waals surface area contributed by atoms with Gasteiger partial charge < -0.3 is 27.7 Å². The molecule has 0 aliphatic rings. The number of hydrogen-bond donors (Lipinski definition) is 2. The third-order valence-electron chi connectivity index (χ3n) is 21.3. The van der Waals surface area contributed by atoms with Crippen molar-refractivity contribution in [2.24, 2.45) is 0 Å². The van der Waals surface area contributed by atoms with Gasteiger partial charge in [0.05, 0.1) is 0 Å². The van der Waals surface area contributed by atoms with E-state index in [1.165, 1.54) is 71.4 Å². The molecular weight excluding hydrogens is 1390 g/mol. The van der Waals surface area contributed by atoms with Crippen LogP contribution in [0.2, 0.25) is 0 Å². The maximum Gasteiger partial charge on any atom is 0.489 e. The van der Waals surface area contributed by atoms with E-state index < -0.39 is 7.12 Å². The van der Waals surface area contributed by atoms with Crippen molar-refractivity contribution in [1.29, 1.82) is 0 Å². The zero-order valence-electron chi connectivity index (χ0n) is 58.1. The lowest BCUT2D eigenvalue weighted by Gasteiger charge is -2.18. The van der Waals surface area contributed by atoms with Gasteiger partial charge in [0.1, 0.15) is 44.7 Å². The number of fused-ring (bicyclic) bond motifs is 16. The molecule has 0 spiro atoms. The summed E-state index contributed by atoms with van der Waals surface area (Å²) in [5, 5.41) is 38.2. The van der Waals surface area contributed by atoms with E-state index in [0.29, 0.717) is 5.46 Å². The quantitative estimate of drug-likeness (QED) is 0.116. The van der Waals surface area contributed by atoms with Gasteiger partial charge in [0.25, 0.3) is 0 Å². The molecule has 22 aromatic rings. The molecule has 0 saturated heterocycles. The third kappa shape index (κ3) is 11.1. The molecule has 0 aliphatic heterocycles. The Morgan fingerprint density at radius 3 is 0.880 bits per heavy atom. The lowest BCUT2D eigenvalue weighted by Crippen LogP contribution is -2.31. The van der Waals surface area contributed by atoms with Crippen molar-refractivity contribution in [3.05, 3.63) is 368 Å². The van der Waals surface area contributed by atoms with Crippen molar-refractivity contribution in [3.8, 4) is 77.9 Å². The maximum atomic E-state index is 10.2. The molecule has 18 aromatic carbocycles. The van der Waals surface area contributed by atoms with Crippen LogP contribution in [0.15, 0.2) is 386 Å². The summed E-state index contributed by atoms with van der Waals surface area (Å²) in [5.74, 6) is 0. The Kier molecular flexibility index (Phi) is 15.9. The zero-order valence-corrected chi connectivity index (χ0v) is 59.7. The molecule has 508 valence electrons. The minimum absolute atomic E-state index is 0.540. The Bertz CT molecular complexity index is 7190. The summed E-state index contributed by atoms with van der Waals surface area (Å²) in [5.41, 5.74) is 24.0. The second kappa shape index (κ2) is 26.7. The monoisotopic (exact) mass is 1450 g/mol. The van der Waals surface area contributed by atoms with Crippen molar-refractivity contribution in [2.75, 3.05) is 0 Å². The largest absolute Gasteiger partial charge is 0.489 e. The van der Waals surface area contributed by atoms with Crippen LogP contribution < -0.4 is 5.46 Å². The first-order valence-corrected chi connectivity index (χ1v) is 37.0. The fourth-order valence-electron chi connectivity index (χ4n) is 16.4. The van der Waals surface area contributed by atoms with Crippen LogP contribution in [-0.2, 0) is 0 Å². The molecule has 0 fully saturated rings. The number of benzene rings is 18. The smallest absolute Gasteiger partial charge is 0.456 e. The molecule has 0 atom stereocenters. The first kappa shape index (κ1) is 64.3. The van der Waals surface area contributed by atoms with Crippen LogP contribution in [0, 0.1) is 0 Å². The molecule has 8 heteroatoms. The number of para-hydroxylation sites is 6. The van der Waals surface area contributed by atoms with Gasteiger partial charge in [0.15, 0.2) is 0 Å². The van der Waals surface area contributed by atoms with Crippen molar-refractivity contribution >= 4 is 159 Å². The summed E-state index contributed by atoms with van der Waals surface area (Å²) < 4.78 is 25.7. The Hall–Kier alpha value is -13.3. The van der Waals surface area contributed by atoms with Gasteiger partial charge in [0, 0.05) is 58.7 Å². The third-order valence-corrected chi connectivity index (χ3v) is 21.8. The second-order valence-electron chi connectivity index (χ2n) is 27.5. The summed E-state index contributed by atoms with van der Waals surface area (Å²) in [6, 6.07) is 127. The zero-order chi connectivity index (χ0) is 71.9. The van der Waals surface area contributed by atoms with Crippen molar-refractivity contribution in [2.45, 2.75) is 0 Å². The minimum atomic E-state index is -1.56. The molecule has 2 N–H and O–H groups in total. The number of halogens is 1. The summed E-state index contributed by atoms with van der Waals surface area (Å²) in [6.45, 7) is 0. The highest BCUT2D eigenvalue weighted by Gasteiger charge is 2.24. The van der Waals surface area contributed by atoms with Gasteiger partial charge in [-0.25, -0.2) is 0 Å². The summed E-state index contributed by atoms with van der Waals surface area (Å²) in [6.07, 6.45) is 0. The SMILES string of the molecule is Brc1cccc(-c2ccc3oc4ccccc4c3c2)c1.OB(O)c1c2ccccc2c(-c2ccc(-c3cccc4c3oc3ccccc34)cc2)c2ccccc12.c1cc(-c2ccc3oc4ccccc4c3c2)cc(-c2c3ccccc3c(-c3ccc(-c4cccc5c4oc4ccccc45)cc3)c3ccccc23)c1. The van der Waals surface area contributed by atoms with Gasteiger partial charge in [-0.05, 0) is 182 Å². The van der Waals surface area contributed by atoms with Gasteiger partial charge in [-0.3, -0.25) is 0 Å². The molecule has 0 amide bonds. The molecule has 0 bridgehead atoms. The van der Waals surface area contributed by atoms with Crippen LogP contribution in [0.4, 0.5) is 0 Å². The van der Waals surface area contributed by atoms with E-state index in [1.54, 1.807) is 0 Å². The van der Waals surface area contributed by atoms with E-state index in [1.807, 2.05) is 121 Å². The van der Waals surface area contributed by atoms with Crippen LogP contribution in [0.1, 0.15) is 0 Å². The number of hydrogen-bond acceptors (Lipinski definition) is 6. The molecule has 6 nitrogen and oxygen atoms in total. The first-order chi connectivity index (χ1) is 53.3. The number of rotatable bonds is 8. The predicted molar refractivity (Wildman–Crippen MR) is 454 cm³/mol. The molecule has 0 saturated carbocycles. The average molecular weight is 1450 g/mol. The molecule has 0 unspecified atom stereocenters. The summed E-state index contributed by atoms with van der Waals surface area (Å²) in [4.78, 5) is 0. The van der Waals surface area contributed by atoms with E-state index >= 15 is 0 Å². The number of furan rings is 4. The predicted octanol–water partition coefficient (Wildman–Crippen LogP) is 27.4. The van der Waals surface area contributed by atoms with Crippen molar-refractivity contribution in [3.63, 3.8) is 0 Å². The Balaban J connectivity index is 0.000000118. The molecule has 4 aromatic heterocycles. The van der Waals surface area contributed by atoms with Crippen LogP contribution in [0.3, 0.4) is 0 Å². The first-order valence-electron chi connectivity index (χ1n) is 36.2. The summed E-state index contributed by atoms with van der Waals surface area (Å²) >= 11 is 3.52. The molecule has 108 heavy (non-hydrogen) atoms. The fourth-order valence-corrected chi connectivity index (χ4v) is 16.8. The highest BCUT2D eigenvalue weighted by molar-refractivity contribution is 9.10. The molecule has 4 heterocycles. The topological polar surface area (TPSA) is 93.0 Å². The molecule has 0 radical (unpaired) electrons. The maximum absolute atomic E-state index is 10.2.